The molecule has 0 aliphatic heterocycles. The van der Waals surface area contributed by atoms with Gasteiger partial charge in [-0.3, -0.25) is 9.69 Å². The highest BCUT2D eigenvalue weighted by Crippen LogP contribution is 2.30. The van der Waals surface area contributed by atoms with Crippen molar-refractivity contribution in [1.82, 2.24) is 4.90 Å². The predicted octanol–water partition coefficient (Wildman–Crippen LogP) is 3.63. The fraction of sp³-hybridized carbons (Fsp3) is 0.300. The Morgan fingerprint density at radius 2 is 2.04 bits per heavy atom. The number of ether oxygens (including phenoxy) is 2. The Kier molecular flexibility index (Phi) is 7.72. The van der Waals surface area contributed by atoms with Crippen molar-refractivity contribution in [3.63, 3.8) is 0 Å². The molecule has 0 bridgehead atoms. The summed E-state index contributed by atoms with van der Waals surface area (Å²) < 4.78 is 34.8. The zero-order chi connectivity index (χ0) is 20.5. The zero-order valence-corrected chi connectivity index (χ0v) is 15.6. The molecule has 2 aromatic carbocycles. The number of nitrogens with zero attached hydrogens (tertiary/aromatic N) is 2. The fourth-order valence-corrected chi connectivity index (χ4v) is 2.59. The van der Waals surface area contributed by atoms with E-state index in [0.29, 0.717) is 24.4 Å². The number of likely N-dealkylation sites (N-methyl/N-ethyl adjacent to an activating group) is 1. The van der Waals surface area contributed by atoms with Gasteiger partial charge in [-0.05, 0) is 49.9 Å². The van der Waals surface area contributed by atoms with Crippen molar-refractivity contribution in [2.75, 3.05) is 25.5 Å². The van der Waals surface area contributed by atoms with Gasteiger partial charge < -0.3 is 14.8 Å². The first-order valence-electron chi connectivity index (χ1n) is 8.60. The Labute approximate surface area is 162 Å². The molecular formula is C20H21F2N3O3. The third-order valence-electron chi connectivity index (χ3n) is 3.67. The van der Waals surface area contributed by atoms with Crippen molar-refractivity contribution in [3.05, 3.63) is 53.6 Å². The van der Waals surface area contributed by atoms with Gasteiger partial charge in [-0.15, -0.1) is 0 Å². The van der Waals surface area contributed by atoms with Crippen LogP contribution < -0.4 is 14.8 Å². The van der Waals surface area contributed by atoms with Crippen LogP contribution in [0.1, 0.15) is 18.1 Å². The first kappa shape index (κ1) is 21.1. The Morgan fingerprint density at radius 3 is 2.71 bits per heavy atom. The van der Waals surface area contributed by atoms with E-state index >= 15 is 0 Å². The Bertz CT molecular complexity index is 853. The summed E-state index contributed by atoms with van der Waals surface area (Å²) in [6.45, 7) is -0.368. The van der Waals surface area contributed by atoms with E-state index in [1.807, 2.05) is 6.07 Å². The van der Waals surface area contributed by atoms with Crippen LogP contribution in [0.3, 0.4) is 0 Å². The van der Waals surface area contributed by atoms with Gasteiger partial charge >= 0.3 is 6.61 Å². The van der Waals surface area contributed by atoms with E-state index < -0.39 is 6.61 Å². The summed E-state index contributed by atoms with van der Waals surface area (Å²) in [6.07, 6.45) is 0. The molecule has 0 aromatic heterocycles. The van der Waals surface area contributed by atoms with Crippen molar-refractivity contribution in [2.45, 2.75) is 20.1 Å². The van der Waals surface area contributed by atoms with E-state index in [2.05, 4.69) is 10.1 Å². The van der Waals surface area contributed by atoms with E-state index in [-0.39, 0.29) is 24.0 Å². The summed E-state index contributed by atoms with van der Waals surface area (Å²) in [5.41, 5.74) is 1.79. The average Bonchev–Trinajstić information content (AvgIpc) is 2.63. The summed E-state index contributed by atoms with van der Waals surface area (Å²) in [5.74, 6) is -0.0369. The molecule has 6 nitrogen and oxygen atoms in total. The molecule has 148 valence electrons. The molecule has 0 aliphatic carbocycles. The van der Waals surface area contributed by atoms with E-state index in [9.17, 15) is 13.6 Å². The fourth-order valence-electron chi connectivity index (χ4n) is 2.59. The van der Waals surface area contributed by atoms with E-state index in [4.69, 9.17) is 10.00 Å². The molecule has 0 saturated heterocycles. The second kappa shape index (κ2) is 10.2. The SMILES string of the molecule is CCOc1cc(CN(C)CC(=O)Nc2cccc(C#N)c2)ccc1OC(F)F. The number of benzene rings is 2. The summed E-state index contributed by atoms with van der Waals surface area (Å²) in [7, 11) is 1.76. The molecule has 0 unspecified atom stereocenters. The second-order valence-corrected chi connectivity index (χ2v) is 6.01. The molecule has 1 N–H and O–H groups in total. The molecule has 28 heavy (non-hydrogen) atoms. The lowest BCUT2D eigenvalue weighted by atomic mass is 10.2. The number of carbonyl (C=O) groups is 1. The monoisotopic (exact) mass is 389 g/mol. The standard InChI is InChI=1S/C20H21F2N3O3/c1-3-27-18-10-15(7-8-17(18)28-20(21)22)12-25(2)13-19(26)24-16-6-4-5-14(9-16)11-23/h4-10,20H,3,12-13H2,1-2H3,(H,24,26). The summed E-state index contributed by atoms with van der Waals surface area (Å²) in [6, 6.07) is 13.3. The maximum absolute atomic E-state index is 12.5. The first-order valence-corrected chi connectivity index (χ1v) is 8.60. The molecule has 8 heteroatoms. The molecule has 0 saturated carbocycles. The highest BCUT2D eigenvalue weighted by molar-refractivity contribution is 5.92. The van der Waals surface area contributed by atoms with Gasteiger partial charge in [0.25, 0.3) is 0 Å². The average molecular weight is 389 g/mol. The Balaban J connectivity index is 1.97. The summed E-state index contributed by atoms with van der Waals surface area (Å²) in [5, 5.41) is 11.6. The van der Waals surface area contributed by atoms with E-state index in [0.717, 1.165) is 5.56 Å². The van der Waals surface area contributed by atoms with Crippen molar-refractivity contribution in [2.24, 2.45) is 0 Å². The van der Waals surface area contributed by atoms with Gasteiger partial charge in [0.15, 0.2) is 11.5 Å². The molecular weight excluding hydrogens is 368 g/mol. The second-order valence-electron chi connectivity index (χ2n) is 6.01. The van der Waals surface area contributed by atoms with Gasteiger partial charge in [0.05, 0.1) is 24.8 Å². The van der Waals surface area contributed by atoms with E-state index in [1.54, 1.807) is 55.3 Å². The molecule has 0 atom stereocenters. The molecule has 1 amide bonds. The van der Waals surface area contributed by atoms with Crippen LogP contribution in [0, 0.1) is 11.3 Å². The topological polar surface area (TPSA) is 74.6 Å². The van der Waals surface area contributed by atoms with Crippen LogP contribution in [0.15, 0.2) is 42.5 Å². The van der Waals surface area contributed by atoms with Gasteiger partial charge in [0, 0.05) is 12.2 Å². The number of nitriles is 1. The zero-order valence-electron chi connectivity index (χ0n) is 15.6. The van der Waals surface area contributed by atoms with E-state index in [1.165, 1.54) is 6.07 Å². The van der Waals surface area contributed by atoms with Crippen molar-refractivity contribution < 1.29 is 23.0 Å². The molecule has 2 rings (SSSR count). The molecule has 0 heterocycles. The van der Waals surface area contributed by atoms with Crippen LogP contribution in [-0.4, -0.2) is 37.6 Å². The lowest BCUT2D eigenvalue weighted by molar-refractivity contribution is -0.117. The molecule has 0 aliphatic rings. The van der Waals surface area contributed by atoms with Gasteiger partial charge in [-0.1, -0.05) is 12.1 Å². The van der Waals surface area contributed by atoms with Gasteiger partial charge in [0.2, 0.25) is 5.91 Å². The quantitative estimate of drug-likeness (QED) is 0.709. The van der Waals surface area contributed by atoms with Crippen molar-refractivity contribution in [3.8, 4) is 17.6 Å². The van der Waals surface area contributed by atoms with Crippen LogP contribution >= 0.6 is 0 Å². The van der Waals surface area contributed by atoms with Crippen LogP contribution in [0.5, 0.6) is 11.5 Å². The number of carbonyl (C=O) groups excluding carboxylic acids is 1. The number of amides is 1. The van der Waals surface area contributed by atoms with Crippen LogP contribution in [0.2, 0.25) is 0 Å². The van der Waals surface area contributed by atoms with Gasteiger partial charge in [-0.2, -0.15) is 14.0 Å². The summed E-state index contributed by atoms with van der Waals surface area (Å²) in [4.78, 5) is 14.0. The van der Waals surface area contributed by atoms with Crippen LogP contribution in [0.4, 0.5) is 14.5 Å². The minimum absolute atomic E-state index is 0.0293. The van der Waals surface area contributed by atoms with Crippen molar-refractivity contribution >= 4 is 11.6 Å². The number of halogens is 2. The largest absolute Gasteiger partial charge is 0.490 e. The van der Waals surface area contributed by atoms with Gasteiger partial charge in [0.1, 0.15) is 0 Å². The maximum atomic E-state index is 12.5. The normalized spacial score (nSPS) is 10.6. The number of hydrogen-bond acceptors (Lipinski definition) is 5. The van der Waals surface area contributed by atoms with Crippen molar-refractivity contribution in [1.29, 1.82) is 5.26 Å². The highest BCUT2D eigenvalue weighted by atomic mass is 19.3. The minimum atomic E-state index is -2.93. The first-order chi connectivity index (χ1) is 13.4. The number of hydrogen-bond donors (Lipinski definition) is 1. The maximum Gasteiger partial charge on any atom is 0.387 e. The molecule has 0 spiro atoms. The number of alkyl halides is 2. The third kappa shape index (κ3) is 6.52. The Hall–Kier alpha value is -3.18. The number of anilines is 1. The molecule has 0 fully saturated rings. The number of nitrogens with one attached hydrogen (secondary N) is 1. The smallest absolute Gasteiger partial charge is 0.387 e. The van der Waals surface area contributed by atoms with Crippen LogP contribution in [-0.2, 0) is 11.3 Å². The highest BCUT2D eigenvalue weighted by Gasteiger charge is 2.13. The van der Waals surface area contributed by atoms with Crippen LogP contribution in [0.25, 0.3) is 0 Å². The van der Waals surface area contributed by atoms with Gasteiger partial charge in [-0.25, -0.2) is 0 Å². The Morgan fingerprint density at radius 1 is 1.25 bits per heavy atom. The lowest BCUT2D eigenvalue weighted by Crippen LogP contribution is -2.29. The minimum Gasteiger partial charge on any atom is -0.490 e. The number of rotatable bonds is 9. The predicted molar refractivity (Wildman–Crippen MR) is 100 cm³/mol. The summed E-state index contributed by atoms with van der Waals surface area (Å²) >= 11 is 0. The lowest BCUT2D eigenvalue weighted by Gasteiger charge is -2.18. The molecule has 2 aromatic rings. The third-order valence-corrected chi connectivity index (χ3v) is 3.67. The molecule has 0 radical (unpaired) electrons.